The van der Waals surface area contributed by atoms with Gasteiger partial charge in [0.25, 0.3) is 5.91 Å². The number of aromatic amines is 1. The Kier molecular flexibility index (Phi) is 4.19. The molecule has 0 aliphatic carbocycles. The summed E-state index contributed by atoms with van der Waals surface area (Å²) < 4.78 is 1.82. The van der Waals surface area contributed by atoms with Gasteiger partial charge in [-0.15, -0.1) is 0 Å². The average Bonchev–Trinajstić information content (AvgIpc) is 3.19. The molecule has 0 fully saturated rings. The summed E-state index contributed by atoms with van der Waals surface area (Å²) in [6.07, 6.45) is 0. The van der Waals surface area contributed by atoms with E-state index in [2.05, 4.69) is 25.4 Å². The highest BCUT2D eigenvalue weighted by Crippen LogP contribution is 2.24. The number of rotatable bonds is 4. The summed E-state index contributed by atoms with van der Waals surface area (Å²) in [5.74, 6) is 0.469. The van der Waals surface area contributed by atoms with Crippen molar-refractivity contribution in [1.82, 2.24) is 30.0 Å². The highest BCUT2D eigenvalue weighted by atomic mass is 16.1. The molecule has 7 heteroatoms. The Hall–Kier alpha value is -3.48. The molecule has 4 aromatic rings. The molecule has 136 valence electrons. The third-order valence-electron chi connectivity index (χ3n) is 4.60. The number of benzene rings is 1. The summed E-state index contributed by atoms with van der Waals surface area (Å²) in [5, 5.41) is 7.30. The molecule has 0 bridgehead atoms. The fraction of sp³-hybridized carbons (Fsp3) is 0.200. The van der Waals surface area contributed by atoms with Crippen LogP contribution in [0.15, 0.2) is 42.5 Å². The first-order valence-electron chi connectivity index (χ1n) is 8.72. The molecule has 7 nitrogen and oxygen atoms in total. The lowest BCUT2D eigenvalue weighted by Gasteiger charge is -2.06. The highest BCUT2D eigenvalue weighted by Gasteiger charge is 2.15. The number of imidazole rings is 1. The van der Waals surface area contributed by atoms with Crippen molar-refractivity contribution >= 4 is 16.9 Å². The minimum Gasteiger partial charge on any atom is -0.343 e. The molecule has 0 spiro atoms. The van der Waals surface area contributed by atoms with E-state index in [9.17, 15) is 4.79 Å². The first-order valence-corrected chi connectivity index (χ1v) is 8.72. The van der Waals surface area contributed by atoms with Crippen molar-refractivity contribution in [1.29, 1.82) is 0 Å². The van der Waals surface area contributed by atoms with E-state index in [0.717, 1.165) is 33.7 Å². The minimum atomic E-state index is -0.239. The molecular formula is C20H20N6O. The summed E-state index contributed by atoms with van der Waals surface area (Å²) in [5.41, 5.74) is 5.81. The quantitative estimate of drug-likeness (QED) is 0.586. The Balaban J connectivity index is 1.54. The zero-order chi connectivity index (χ0) is 19.0. The number of fused-ring (bicyclic) bond motifs is 1. The summed E-state index contributed by atoms with van der Waals surface area (Å²) in [6.45, 7) is 4.24. The van der Waals surface area contributed by atoms with E-state index in [1.54, 1.807) is 6.07 Å². The minimum absolute atomic E-state index is 0.239. The van der Waals surface area contributed by atoms with E-state index in [1.807, 2.05) is 62.0 Å². The number of carbonyl (C=O) groups is 1. The molecule has 3 heterocycles. The maximum atomic E-state index is 12.6. The Morgan fingerprint density at radius 3 is 2.67 bits per heavy atom. The van der Waals surface area contributed by atoms with Gasteiger partial charge in [0, 0.05) is 18.3 Å². The number of para-hydroxylation sites is 2. The number of hydrogen-bond acceptors (Lipinski definition) is 4. The second kappa shape index (κ2) is 6.68. The van der Waals surface area contributed by atoms with Crippen LogP contribution < -0.4 is 5.32 Å². The van der Waals surface area contributed by atoms with Crippen LogP contribution in [0.1, 0.15) is 27.7 Å². The van der Waals surface area contributed by atoms with E-state index in [-0.39, 0.29) is 5.91 Å². The fourth-order valence-electron chi connectivity index (χ4n) is 3.19. The number of nitrogens with one attached hydrogen (secondary N) is 2. The van der Waals surface area contributed by atoms with E-state index >= 15 is 0 Å². The van der Waals surface area contributed by atoms with Crippen LogP contribution in [0.2, 0.25) is 0 Å². The van der Waals surface area contributed by atoms with Crippen molar-refractivity contribution in [2.75, 3.05) is 0 Å². The number of H-pyrrole nitrogens is 1. The summed E-state index contributed by atoms with van der Waals surface area (Å²) in [7, 11) is 1.90. The highest BCUT2D eigenvalue weighted by molar-refractivity contribution is 5.92. The van der Waals surface area contributed by atoms with Gasteiger partial charge in [-0.05, 0) is 38.1 Å². The largest absolute Gasteiger partial charge is 0.343 e. The Morgan fingerprint density at radius 1 is 1.11 bits per heavy atom. The van der Waals surface area contributed by atoms with Crippen LogP contribution in [0.3, 0.4) is 0 Å². The summed E-state index contributed by atoms with van der Waals surface area (Å²) in [4.78, 5) is 24.8. The van der Waals surface area contributed by atoms with Crippen LogP contribution >= 0.6 is 0 Å². The number of amides is 1. The predicted octanol–water partition coefficient (Wildman–Crippen LogP) is 2.91. The summed E-state index contributed by atoms with van der Waals surface area (Å²) in [6, 6.07) is 13.2. The number of nitrogens with zero attached hydrogens (tertiary/aromatic N) is 4. The molecule has 0 aliphatic rings. The van der Waals surface area contributed by atoms with Gasteiger partial charge in [-0.2, -0.15) is 5.10 Å². The van der Waals surface area contributed by atoms with E-state index in [1.165, 1.54) is 0 Å². The van der Waals surface area contributed by atoms with E-state index in [0.29, 0.717) is 18.1 Å². The van der Waals surface area contributed by atoms with Crippen molar-refractivity contribution in [2.45, 2.75) is 20.4 Å². The lowest BCUT2D eigenvalue weighted by molar-refractivity contribution is 0.0945. The molecular weight excluding hydrogens is 340 g/mol. The van der Waals surface area contributed by atoms with Gasteiger partial charge in [0.2, 0.25) is 0 Å². The molecule has 0 aliphatic heterocycles. The van der Waals surface area contributed by atoms with Crippen LogP contribution in [0, 0.1) is 13.8 Å². The number of aryl methyl sites for hydroxylation is 2. The second-order valence-electron chi connectivity index (χ2n) is 6.46. The third-order valence-corrected chi connectivity index (χ3v) is 4.60. The maximum absolute atomic E-state index is 12.6. The van der Waals surface area contributed by atoms with Crippen molar-refractivity contribution in [3.05, 3.63) is 65.4 Å². The van der Waals surface area contributed by atoms with Crippen molar-refractivity contribution < 1.29 is 4.79 Å². The molecule has 0 saturated heterocycles. The predicted molar refractivity (Wildman–Crippen MR) is 103 cm³/mol. The molecule has 0 radical (unpaired) electrons. The SMILES string of the molecule is Cc1nn(C)c(C)c1-c1cccc(C(=O)NCc2nc3ccccc3[nH]2)n1. The zero-order valence-corrected chi connectivity index (χ0v) is 15.4. The lowest BCUT2D eigenvalue weighted by atomic mass is 10.1. The molecule has 1 aromatic carbocycles. The standard InChI is InChI=1S/C20H20N6O/c1-12-19(13(2)26(3)25-12)16-9-6-10-17(22-16)20(27)21-11-18-23-14-7-4-5-8-15(14)24-18/h4-10H,11H2,1-3H3,(H,21,27)(H,23,24). The zero-order valence-electron chi connectivity index (χ0n) is 15.4. The number of carbonyl (C=O) groups excluding carboxylic acids is 1. The van der Waals surface area contributed by atoms with Gasteiger partial charge < -0.3 is 10.3 Å². The van der Waals surface area contributed by atoms with Gasteiger partial charge in [-0.3, -0.25) is 9.48 Å². The number of pyridine rings is 1. The van der Waals surface area contributed by atoms with Gasteiger partial charge >= 0.3 is 0 Å². The second-order valence-corrected chi connectivity index (χ2v) is 6.46. The topological polar surface area (TPSA) is 88.5 Å². The normalized spacial score (nSPS) is 11.1. The molecule has 0 unspecified atom stereocenters. The van der Waals surface area contributed by atoms with Crippen LogP contribution in [-0.4, -0.2) is 30.6 Å². The summed E-state index contributed by atoms with van der Waals surface area (Å²) >= 11 is 0. The Labute approximate surface area is 156 Å². The van der Waals surface area contributed by atoms with Gasteiger partial charge in [0.05, 0.1) is 29.0 Å². The molecule has 0 atom stereocenters. The Bertz CT molecular complexity index is 1110. The molecule has 4 rings (SSSR count). The van der Waals surface area contributed by atoms with Crippen LogP contribution in [0.5, 0.6) is 0 Å². The monoisotopic (exact) mass is 360 g/mol. The first kappa shape index (κ1) is 17.0. The Morgan fingerprint density at radius 2 is 1.93 bits per heavy atom. The average molecular weight is 360 g/mol. The van der Waals surface area contributed by atoms with Gasteiger partial charge in [0.15, 0.2) is 0 Å². The molecule has 2 N–H and O–H groups in total. The maximum Gasteiger partial charge on any atom is 0.270 e. The third kappa shape index (κ3) is 3.19. The smallest absolute Gasteiger partial charge is 0.270 e. The van der Waals surface area contributed by atoms with E-state index < -0.39 is 0 Å². The fourth-order valence-corrected chi connectivity index (χ4v) is 3.19. The van der Waals surface area contributed by atoms with Crippen molar-refractivity contribution in [2.24, 2.45) is 7.05 Å². The van der Waals surface area contributed by atoms with Crippen LogP contribution in [0.25, 0.3) is 22.3 Å². The van der Waals surface area contributed by atoms with Crippen molar-refractivity contribution in [3.8, 4) is 11.3 Å². The van der Waals surface area contributed by atoms with Crippen LogP contribution in [-0.2, 0) is 13.6 Å². The van der Waals surface area contributed by atoms with Gasteiger partial charge in [0.1, 0.15) is 11.5 Å². The van der Waals surface area contributed by atoms with Gasteiger partial charge in [-0.1, -0.05) is 18.2 Å². The van der Waals surface area contributed by atoms with Crippen molar-refractivity contribution in [3.63, 3.8) is 0 Å². The lowest BCUT2D eigenvalue weighted by Crippen LogP contribution is -2.24. The molecule has 27 heavy (non-hydrogen) atoms. The number of aromatic nitrogens is 5. The van der Waals surface area contributed by atoms with Gasteiger partial charge in [-0.25, -0.2) is 9.97 Å². The molecule has 3 aromatic heterocycles. The first-order chi connectivity index (χ1) is 13.0. The molecule has 0 saturated carbocycles. The molecule has 1 amide bonds. The van der Waals surface area contributed by atoms with Crippen LogP contribution in [0.4, 0.5) is 0 Å². The van der Waals surface area contributed by atoms with E-state index in [4.69, 9.17) is 0 Å². The number of hydrogen-bond donors (Lipinski definition) is 2.